The predicted octanol–water partition coefficient (Wildman–Crippen LogP) is 0.915. The van der Waals surface area contributed by atoms with E-state index in [1.807, 2.05) is 20.8 Å². The zero-order valence-corrected chi connectivity index (χ0v) is 10.3. The van der Waals surface area contributed by atoms with Crippen LogP contribution in [0.2, 0.25) is 0 Å². The second-order valence-corrected chi connectivity index (χ2v) is 4.84. The molecule has 88 valence electrons. The molecule has 2 N–H and O–H groups in total. The highest BCUT2D eigenvalue weighted by atomic mass is 16.2. The number of carbonyl (C=O) groups is 1. The van der Waals surface area contributed by atoms with Gasteiger partial charge in [-0.1, -0.05) is 0 Å². The van der Waals surface area contributed by atoms with Crippen LogP contribution in [0, 0.1) is 13.8 Å². The summed E-state index contributed by atoms with van der Waals surface area (Å²) in [5.41, 5.74) is 0.587. The average Bonchev–Trinajstić information content (AvgIpc) is 2.09. The first-order valence-electron chi connectivity index (χ1n) is 5.11. The van der Waals surface area contributed by atoms with Gasteiger partial charge in [-0.3, -0.25) is 9.59 Å². The van der Waals surface area contributed by atoms with E-state index < -0.39 is 5.56 Å². The number of aromatic amines is 1. The van der Waals surface area contributed by atoms with Gasteiger partial charge in [-0.05, 0) is 40.2 Å². The zero-order chi connectivity index (χ0) is 12.5. The van der Waals surface area contributed by atoms with E-state index in [1.54, 1.807) is 13.8 Å². The Balaban J connectivity index is 3.19. The molecule has 0 aliphatic heterocycles. The van der Waals surface area contributed by atoms with Crippen molar-refractivity contribution in [1.29, 1.82) is 0 Å². The van der Waals surface area contributed by atoms with E-state index in [4.69, 9.17) is 0 Å². The van der Waals surface area contributed by atoms with Crippen LogP contribution in [0.4, 0.5) is 0 Å². The minimum atomic E-state index is -0.454. The van der Waals surface area contributed by atoms with E-state index in [0.717, 1.165) is 0 Å². The predicted molar refractivity (Wildman–Crippen MR) is 61.6 cm³/mol. The topological polar surface area (TPSA) is 74.8 Å². The lowest BCUT2D eigenvalue weighted by Crippen LogP contribution is -2.43. The van der Waals surface area contributed by atoms with Crippen molar-refractivity contribution in [3.8, 4) is 0 Å². The molecule has 5 nitrogen and oxygen atoms in total. The molecule has 5 heteroatoms. The number of amides is 1. The van der Waals surface area contributed by atoms with Crippen LogP contribution in [0.25, 0.3) is 0 Å². The fourth-order valence-corrected chi connectivity index (χ4v) is 1.30. The van der Waals surface area contributed by atoms with Gasteiger partial charge in [0.1, 0.15) is 5.56 Å². The first-order chi connectivity index (χ1) is 7.22. The lowest BCUT2D eigenvalue weighted by Gasteiger charge is -2.20. The number of aromatic nitrogens is 2. The molecule has 1 rings (SSSR count). The molecular weight excluding hydrogens is 206 g/mol. The quantitative estimate of drug-likeness (QED) is 0.743. The molecule has 0 spiro atoms. The number of nitrogens with one attached hydrogen (secondary N) is 2. The first-order valence-corrected chi connectivity index (χ1v) is 5.11. The first kappa shape index (κ1) is 12.4. The van der Waals surface area contributed by atoms with Gasteiger partial charge in [-0.25, -0.2) is 5.10 Å². The molecule has 0 aromatic carbocycles. The molecule has 1 heterocycles. The van der Waals surface area contributed by atoms with Crippen molar-refractivity contribution >= 4 is 5.91 Å². The van der Waals surface area contributed by atoms with Crippen molar-refractivity contribution in [2.75, 3.05) is 0 Å². The van der Waals surface area contributed by atoms with Crippen LogP contribution < -0.4 is 10.9 Å². The summed E-state index contributed by atoms with van der Waals surface area (Å²) in [5.74, 6) is -0.364. The minimum Gasteiger partial charge on any atom is -0.347 e. The maximum absolute atomic E-state index is 11.9. The lowest BCUT2D eigenvalue weighted by atomic mass is 10.1. The fourth-order valence-electron chi connectivity index (χ4n) is 1.30. The molecule has 1 amide bonds. The summed E-state index contributed by atoms with van der Waals surface area (Å²) in [5, 5.41) is 8.87. The lowest BCUT2D eigenvalue weighted by molar-refractivity contribution is 0.0917. The van der Waals surface area contributed by atoms with E-state index in [2.05, 4.69) is 15.5 Å². The molecule has 0 radical (unpaired) electrons. The summed E-state index contributed by atoms with van der Waals surface area (Å²) in [6.07, 6.45) is 0. The van der Waals surface area contributed by atoms with Crippen molar-refractivity contribution in [1.82, 2.24) is 15.5 Å². The van der Waals surface area contributed by atoms with E-state index in [0.29, 0.717) is 11.3 Å². The van der Waals surface area contributed by atoms with Crippen molar-refractivity contribution in [3.63, 3.8) is 0 Å². The van der Waals surface area contributed by atoms with Crippen LogP contribution in [0.1, 0.15) is 42.4 Å². The zero-order valence-electron chi connectivity index (χ0n) is 10.3. The van der Waals surface area contributed by atoms with Crippen LogP contribution in [0.5, 0.6) is 0 Å². The second-order valence-electron chi connectivity index (χ2n) is 4.84. The van der Waals surface area contributed by atoms with Crippen molar-refractivity contribution in [2.45, 2.75) is 40.2 Å². The number of rotatable bonds is 1. The third-order valence-corrected chi connectivity index (χ3v) is 2.19. The Kier molecular flexibility index (Phi) is 3.16. The van der Waals surface area contributed by atoms with E-state index >= 15 is 0 Å². The van der Waals surface area contributed by atoms with Crippen molar-refractivity contribution < 1.29 is 4.79 Å². The van der Waals surface area contributed by atoms with E-state index in [1.165, 1.54) is 0 Å². The summed E-state index contributed by atoms with van der Waals surface area (Å²) in [7, 11) is 0. The third-order valence-electron chi connectivity index (χ3n) is 2.19. The molecule has 1 aromatic rings. The molecule has 0 saturated carbocycles. The molecule has 0 unspecified atom stereocenters. The van der Waals surface area contributed by atoms with Crippen LogP contribution in [-0.2, 0) is 0 Å². The molecule has 1 aromatic heterocycles. The smallest absolute Gasteiger partial charge is 0.277 e. The molecule has 0 bridgehead atoms. The van der Waals surface area contributed by atoms with Gasteiger partial charge in [-0.2, -0.15) is 5.10 Å². The monoisotopic (exact) mass is 223 g/mol. The van der Waals surface area contributed by atoms with Crippen LogP contribution >= 0.6 is 0 Å². The standard InChI is InChI=1S/C11H17N3O2/c1-6-7(2)13-14-10(16)8(6)9(15)12-11(3,4)5/h1-5H3,(H,12,15)(H,14,16). The summed E-state index contributed by atoms with van der Waals surface area (Å²) in [4.78, 5) is 23.4. The number of aryl methyl sites for hydroxylation is 1. The second kappa shape index (κ2) is 4.08. The van der Waals surface area contributed by atoms with Crippen molar-refractivity contribution in [2.24, 2.45) is 0 Å². The summed E-state index contributed by atoms with van der Waals surface area (Å²) < 4.78 is 0. The molecule has 0 atom stereocenters. The summed E-state index contributed by atoms with van der Waals surface area (Å²) in [6.45, 7) is 9.06. The van der Waals surface area contributed by atoms with Gasteiger partial charge in [0, 0.05) is 5.54 Å². The fraction of sp³-hybridized carbons (Fsp3) is 0.545. The highest BCUT2D eigenvalue weighted by Gasteiger charge is 2.20. The molecule has 0 fully saturated rings. The van der Waals surface area contributed by atoms with E-state index in [-0.39, 0.29) is 17.0 Å². The Morgan fingerprint density at radius 3 is 2.38 bits per heavy atom. The minimum absolute atomic E-state index is 0.141. The Morgan fingerprint density at radius 2 is 1.88 bits per heavy atom. The number of hydrogen-bond acceptors (Lipinski definition) is 3. The number of hydrogen-bond donors (Lipinski definition) is 2. The van der Waals surface area contributed by atoms with Gasteiger partial charge in [0.05, 0.1) is 5.69 Å². The van der Waals surface area contributed by atoms with Crippen LogP contribution in [0.3, 0.4) is 0 Å². The molecule has 0 saturated heterocycles. The van der Waals surface area contributed by atoms with Crippen molar-refractivity contribution in [3.05, 3.63) is 27.2 Å². The Hall–Kier alpha value is -1.65. The Bertz CT molecular complexity index is 469. The molecule has 0 aliphatic rings. The van der Waals surface area contributed by atoms with Crippen LogP contribution in [-0.4, -0.2) is 21.6 Å². The average molecular weight is 223 g/mol. The molecular formula is C11H17N3O2. The molecule has 16 heavy (non-hydrogen) atoms. The van der Waals surface area contributed by atoms with Gasteiger partial charge >= 0.3 is 0 Å². The number of nitrogens with zero attached hydrogens (tertiary/aromatic N) is 1. The highest BCUT2D eigenvalue weighted by molar-refractivity contribution is 5.95. The molecule has 0 aliphatic carbocycles. The van der Waals surface area contributed by atoms with Gasteiger partial charge in [0.25, 0.3) is 11.5 Å². The third kappa shape index (κ3) is 2.68. The maximum Gasteiger partial charge on any atom is 0.277 e. The summed E-state index contributed by atoms with van der Waals surface area (Å²) >= 11 is 0. The number of H-pyrrole nitrogens is 1. The van der Waals surface area contributed by atoms with Gasteiger partial charge in [-0.15, -0.1) is 0 Å². The number of carbonyl (C=O) groups excluding carboxylic acids is 1. The van der Waals surface area contributed by atoms with Crippen LogP contribution in [0.15, 0.2) is 4.79 Å². The summed E-state index contributed by atoms with van der Waals surface area (Å²) in [6, 6.07) is 0. The largest absolute Gasteiger partial charge is 0.347 e. The van der Waals surface area contributed by atoms with E-state index in [9.17, 15) is 9.59 Å². The Morgan fingerprint density at radius 1 is 1.31 bits per heavy atom. The van der Waals surface area contributed by atoms with Gasteiger partial charge in [0.15, 0.2) is 0 Å². The highest BCUT2D eigenvalue weighted by Crippen LogP contribution is 2.07. The van der Waals surface area contributed by atoms with Gasteiger partial charge < -0.3 is 5.32 Å². The Labute approximate surface area is 94.3 Å². The maximum atomic E-state index is 11.9. The SMILES string of the molecule is Cc1n[nH]c(=O)c(C(=O)NC(C)(C)C)c1C. The normalized spacial score (nSPS) is 11.3. The van der Waals surface area contributed by atoms with Gasteiger partial charge in [0.2, 0.25) is 0 Å².